The smallest absolute Gasteiger partial charge is 0.181 e. The van der Waals surface area contributed by atoms with Crippen LogP contribution in [0.3, 0.4) is 0 Å². The molecule has 5 nitrogen and oxygen atoms in total. The van der Waals surface area contributed by atoms with Gasteiger partial charge in [-0.15, -0.1) is 0 Å². The van der Waals surface area contributed by atoms with Gasteiger partial charge in [0.15, 0.2) is 16.1 Å². The van der Waals surface area contributed by atoms with E-state index in [1.165, 1.54) is 74.9 Å². The first kappa shape index (κ1) is 58.9. The standard InChI is InChI=1S/C84H78N4OSi2/c1-82(2,3)60-50-51-85-80(55-60)88-76-49-47-73(90(67-32-16-10-17-33-67,68-34-18-11-19-35-68)69-36-20-12-21-37-69)58-75(76)74-48-46-66(57-78(74)88)89-65-31-28-30-63(56-65)86-59-87(64-53-61(83(4,5)6)52-62(54-64)84(7,8)9)81-77(86)44-29-45-79(81)91(70-38-22-13-23-39-70,71-40-24-14-25-41-71)72-42-26-15-27-43-72/h10-58H,59H2,1-9H3. The molecule has 0 N–H and O–H groups in total. The van der Waals surface area contributed by atoms with E-state index in [4.69, 9.17) is 9.72 Å². The van der Waals surface area contributed by atoms with Crippen molar-refractivity contribution in [3.05, 3.63) is 314 Å². The van der Waals surface area contributed by atoms with Crippen LogP contribution in [0.25, 0.3) is 27.6 Å². The SMILES string of the molecule is CC(C)(C)c1cc(N2CN(c3cccc(Oc4ccc5c6cc([Si](c7ccccc7)(c7ccccc7)c7ccccc7)ccc6n(-c6cc(C(C)(C)C)ccn6)c5c4)c3)c3cccc([Si](c4ccccc4)(c4ccccc4)c4ccccc4)c32)cc(C(C)(C)C)c1. The number of pyridine rings is 1. The lowest BCUT2D eigenvalue weighted by atomic mass is 9.80. The van der Waals surface area contributed by atoms with Gasteiger partial charge in [0.1, 0.15) is 24.0 Å². The Morgan fingerprint density at radius 2 is 0.824 bits per heavy atom. The van der Waals surface area contributed by atoms with E-state index in [1.807, 2.05) is 6.20 Å². The first-order valence-corrected chi connectivity index (χ1v) is 36.0. The van der Waals surface area contributed by atoms with E-state index in [1.54, 1.807) is 0 Å². The zero-order chi connectivity index (χ0) is 62.7. The average molecular weight is 1220 g/mol. The molecule has 11 aromatic carbocycles. The summed E-state index contributed by atoms with van der Waals surface area (Å²) in [4.78, 5) is 10.3. The largest absolute Gasteiger partial charge is 0.457 e. The molecule has 7 heteroatoms. The summed E-state index contributed by atoms with van der Waals surface area (Å²) in [5.74, 6) is 2.36. The predicted molar refractivity (Wildman–Crippen MR) is 390 cm³/mol. The third-order valence-corrected chi connectivity index (χ3v) is 28.4. The minimum absolute atomic E-state index is 0.0894. The Labute approximate surface area is 539 Å². The van der Waals surface area contributed by atoms with Gasteiger partial charge in [0, 0.05) is 40.5 Å². The average Bonchev–Trinajstić information content (AvgIpc) is 1.70. The second kappa shape index (κ2) is 23.2. The van der Waals surface area contributed by atoms with E-state index in [9.17, 15) is 0 Å². The van der Waals surface area contributed by atoms with E-state index in [0.717, 1.165) is 45.1 Å². The van der Waals surface area contributed by atoms with Gasteiger partial charge >= 0.3 is 0 Å². The van der Waals surface area contributed by atoms with Gasteiger partial charge in [-0.05, 0) is 135 Å². The third kappa shape index (κ3) is 10.5. The zero-order valence-corrected chi connectivity index (χ0v) is 55.7. The van der Waals surface area contributed by atoms with Crippen molar-refractivity contribution >= 4 is 102 Å². The van der Waals surface area contributed by atoms with Gasteiger partial charge in [0.05, 0.1) is 22.4 Å². The van der Waals surface area contributed by atoms with Crippen molar-refractivity contribution in [3.63, 3.8) is 0 Å². The van der Waals surface area contributed by atoms with Gasteiger partial charge in [-0.25, -0.2) is 4.98 Å². The number of para-hydroxylation sites is 1. The first-order chi connectivity index (χ1) is 44.0. The second-order valence-electron chi connectivity index (χ2n) is 27.6. The summed E-state index contributed by atoms with van der Waals surface area (Å²) in [6.45, 7) is 21.4. The molecule has 0 aliphatic carbocycles. The Hall–Kier alpha value is -9.80. The molecule has 1 aliphatic heterocycles. The molecule has 91 heavy (non-hydrogen) atoms. The number of hydrogen-bond acceptors (Lipinski definition) is 4. The molecule has 0 bridgehead atoms. The summed E-state index contributed by atoms with van der Waals surface area (Å²) in [5.41, 5.74) is 10.3. The van der Waals surface area contributed by atoms with Gasteiger partial charge in [-0.1, -0.05) is 281 Å². The predicted octanol–water partition coefficient (Wildman–Crippen LogP) is 15.9. The number of anilines is 4. The monoisotopic (exact) mass is 1210 g/mol. The van der Waals surface area contributed by atoms with Crippen LogP contribution in [0.4, 0.5) is 22.7 Å². The van der Waals surface area contributed by atoms with Crippen LogP contribution in [0.2, 0.25) is 0 Å². The summed E-state index contributed by atoms with van der Waals surface area (Å²) in [7, 11) is -5.93. The molecule has 3 heterocycles. The summed E-state index contributed by atoms with van der Waals surface area (Å²) < 4.78 is 9.55. The van der Waals surface area contributed by atoms with Gasteiger partial charge < -0.3 is 14.5 Å². The van der Waals surface area contributed by atoms with Crippen molar-refractivity contribution in [2.45, 2.75) is 78.6 Å². The van der Waals surface area contributed by atoms with Crippen molar-refractivity contribution in [1.82, 2.24) is 9.55 Å². The van der Waals surface area contributed by atoms with E-state index in [-0.39, 0.29) is 16.2 Å². The molecular weight excluding hydrogens is 1140 g/mol. The molecule has 0 saturated heterocycles. The lowest BCUT2D eigenvalue weighted by molar-refractivity contribution is 0.483. The van der Waals surface area contributed by atoms with Crippen LogP contribution in [0.5, 0.6) is 11.5 Å². The second-order valence-corrected chi connectivity index (χ2v) is 35.2. The van der Waals surface area contributed by atoms with Crippen molar-refractivity contribution < 1.29 is 4.74 Å². The van der Waals surface area contributed by atoms with Crippen LogP contribution in [0.1, 0.15) is 79.0 Å². The summed E-state index contributed by atoms with van der Waals surface area (Å²) in [5, 5.41) is 13.0. The van der Waals surface area contributed by atoms with Crippen LogP contribution < -0.4 is 56.0 Å². The highest BCUT2D eigenvalue weighted by Gasteiger charge is 2.47. The summed E-state index contributed by atoms with van der Waals surface area (Å²) >= 11 is 0. The molecule has 0 unspecified atom stereocenters. The minimum Gasteiger partial charge on any atom is -0.457 e. The Morgan fingerprint density at radius 1 is 0.341 bits per heavy atom. The number of rotatable bonds is 13. The highest BCUT2D eigenvalue weighted by molar-refractivity contribution is 7.21. The highest BCUT2D eigenvalue weighted by Crippen LogP contribution is 2.47. The number of nitrogens with zero attached hydrogens (tertiary/aromatic N) is 4. The molecule has 0 spiro atoms. The van der Waals surface area contributed by atoms with Crippen LogP contribution in [0, 0.1) is 0 Å². The molecule has 0 amide bonds. The van der Waals surface area contributed by atoms with Crippen molar-refractivity contribution in [1.29, 1.82) is 0 Å². The quantitative estimate of drug-likeness (QED) is 0.0851. The summed E-state index contributed by atoms with van der Waals surface area (Å²) in [6, 6.07) is 109. The molecule has 448 valence electrons. The number of benzene rings is 11. The van der Waals surface area contributed by atoms with Gasteiger partial charge in [-0.3, -0.25) is 4.57 Å². The van der Waals surface area contributed by atoms with E-state index >= 15 is 0 Å². The molecule has 0 atom stereocenters. The molecule has 1 aliphatic rings. The van der Waals surface area contributed by atoms with Crippen LogP contribution in [-0.4, -0.2) is 32.4 Å². The van der Waals surface area contributed by atoms with Gasteiger partial charge in [0.2, 0.25) is 0 Å². The molecule has 0 fully saturated rings. The number of aromatic nitrogens is 2. The van der Waals surface area contributed by atoms with Gasteiger partial charge in [-0.2, -0.15) is 0 Å². The molecule has 0 saturated carbocycles. The lowest BCUT2D eigenvalue weighted by Gasteiger charge is -2.37. The van der Waals surface area contributed by atoms with Crippen LogP contribution in [-0.2, 0) is 16.2 Å². The third-order valence-electron chi connectivity index (χ3n) is 18.8. The zero-order valence-electron chi connectivity index (χ0n) is 53.7. The van der Waals surface area contributed by atoms with E-state index < -0.39 is 16.1 Å². The maximum atomic E-state index is 7.20. The Balaban J connectivity index is 0.938. The molecule has 0 radical (unpaired) electrons. The number of ether oxygens (including phenoxy) is 1. The van der Waals surface area contributed by atoms with E-state index in [2.05, 4.69) is 368 Å². The normalized spacial score (nSPS) is 13.0. The van der Waals surface area contributed by atoms with Crippen LogP contribution >= 0.6 is 0 Å². The Bertz CT molecular complexity index is 4540. The maximum absolute atomic E-state index is 7.20. The highest BCUT2D eigenvalue weighted by atomic mass is 28.3. The lowest BCUT2D eigenvalue weighted by Crippen LogP contribution is -2.75. The first-order valence-electron chi connectivity index (χ1n) is 32.0. The fraction of sp³-hybridized carbons (Fsp3) is 0.155. The van der Waals surface area contributed by atoms with Crippen LogP contribution in [0.15, 0.2) is 297 Å². The maximum Gasteiger partial charge on any atom is 0.181 e. The van der Waals surface area contributed by atoms with Crippen molar-refractivity contribution in [2.24, 2.45) is 0 Å². The molecule has 2 aromatic heterocycles. The Morgan fingerprint density at radius 3 is 1.33 bits per heavy atom. The molecular formula is C84H78N4OSi2. The summed E-state index contributed by atoms with van der Waals surface area (Å²) in [6.07, 6.45) is 1.96. The van der Waals surface area contributed by atoms with Gasteiger partial charge in [0.25, 0.3) is 0 Å². The fourth-order valence-electron chi connectivity index (χ4n) is 14.2. The molecule has 14 rings (SSSR count). The van der Waals surface area contributed by atoms with Crippen molar-refractivity contribution in [2.75, 3.05) is 16.5 Å². The fourth-order valence-corrected chi connectivity index (χ4v) is 23.9. The topological polar surface area (TPSA) is 33.5 Å². The number of fused-ring (bicyclic) bond motifs is 4. The molecule has 13 aromatic rings. The van der Waals surface area contributed by atoms with Crippen molar-refractivity contribution in [3.8, 4) is 17.3 Å². The number of hydrogen-bond donors (Lipinski definition) is 0. The Kier molecular flexibility index (Phi) is 15.0. The van der Waals surface area contributed by atoms with E-state index in [0.29, 0.717) is 6.67 Å². The minimum atomic E-state index is -3.06.